The van der Waals surface area contributed by atoms with Crippen LogP contribution in [0.25, 0.3) is 11.0 Å². The molecule has 1 aromatic heterocycles. The van der Waals surface area contributed by atoms with Crippen LogP contribution in [-0.2, 0) is 6.42 Å². The first-order valence-corrected chi connectivity index (χ1v) is 12.1. The number of rotatable bonds is 6. The van der Waals surface area contributed by atoms with Crippen LogP contribution >= 0.6 is 27.5 Å². The topological polar surface area (TPSA) is 69.0 Å². The molecule has 0 radical (unpaired) electrons. The zero-order valence-electron chi connectivity index (χ0n) is 19.0. The highest BCUT2D eigenvalue weighted by atomic mass is 79.9. The summed E-state index contributed by atoms with van der Waals surface area (Å²) in [5.74, 6) is 0.987. The third-order valence-corrected chi connectivity index (χ3v) is 6.91. The van der Waals surface area contributed by atoms with Crippen LogP contribution in [0.2, 0.25) is 5.02 Å². The zero-order chi connectivity index (χ0) is 24.7. The van der Waals surface area contributed by atoms with Crippen molar-refractivity contribution in [1.29, 1.82) is 0 Å². The van der Waals surface area contributed by atoms with Crippen molar-refractivity contribution in [3.8, 4) is 11.5 Å². The molecule has 35 heavy (non-hydrogen) atoms. The Bertz CT molecular complexity index is 1520. The molecule has 0 spiro atoms. The van der Waals surface area contributed by atoms with Crippen LogP contribution in [0.5, 0.6) is 11.5 Å². The Morgan fingerprint density at radius 3 is 2.54 bits per heavy atom. The lowest BCUT2D eigenvalue weighted by Gasteiger charge is -2.25. The van der Waals surface area contributed by atoms with Crippen LogP contribution in [0.3, 0.4) is 0 Å². The number of halogens is 2. The first-order chi connectivity index (χ1) is 16.9. The molecule has 1 atom stereocenters. The minimum absolute atomic E-state index is 0.0714. The fourth-order valence-electron chi connectivity index (χ4n) is 4.53. The van der Waals surface area contributed by atoms with E-state index in [0.717, 1.165) is 15.6 Å². The molecule has 5 rings (SSSR count). The quantitative estimate of drug-likeness (QED) is 0.292. The Balaban J connectivity index is 1.59. The van der Waals surface area contributed by atoms with Crippen molar-refractivity contribution < 1.29 is 18.7 Å². The van der Waals surface area contributed by atoms with Crippen molar-refractivity contribution in [2.45, 2.75) is 12.5 Å². The number of amides is 1. The number of hydrogen-bond acceptors (Lipinski definition) is 5. The van der Waals surface area contributed by atoms with E-state index in [1.165, 1.54) is 0 Å². The number of hydrogen-bond donors (Lipinski definition) is 0. The van der Waals surface area contributed by atoms with Crippen LogP contribution in [0.4, 0.5) is 0 Å². The van der Waals surface area contributed by atoms with Gasteiger partial charge in [0.25, 0.3) is 5.91 Å². The first-order valence-electron chi connectivity index (χ1n) is 10.9. The molecule has 0 saturated carbocycles. The standard InChI is InChI=1S/C27H21BrClNO5/c1-33-21-8-6-15(12-22(21)34-2)10-11-30-24(16-4-3-5-18(29)13-16)23-25(31)19-14-17(28)7-9-20(19)35-26(23)27(30)32/h3-9,12-14,24H,10-11H2,1-2H3. The number of benzene rings is 3. The van der Waals surface area contributed by atoms with Crippen molar-refractivity contribution in [2.75, 3.05) is 20.8 Å². The second kappa shape index (κ2) is 9.40. The summed E-state index contributed by atoms with van der Waals surface area (Å²) in [7, 11) is 3.16. The van der Waals surface area contributed by atoms with Gasteiger partial charge in [0.05, 0.1) is 31.2 Å². The fraction of sp³-hybridized carbons (Fsp3) is 0.185. The lowest BCUT2D eigenvalue weighted by molar-refractivity contribution is 0.0730. The molecule has 6 nitrogen and oxygen atoms in total. The molecule has 178 valence electrons. The number of nitrogens with zero attached hydrogens (tertiary/aromatic N) is 1. The summed E-state index contributed by atoms with van der Waals surface area (Å²) >= 11 is 9.71. The summed E-state index contributed by atoms with van der Waals surface area (Å²) in [5.41, 5.74) is 2.18. The molecule has 0 bridgehead atoms. The highest BCUT2D eigenvalue weighted by molar-refractivity contribution is 9.10. The lowest BCUT2D eigenvalue weighted by Crippen LogP contribution is -2.31. The predicted octanol–water partition coefficient (Wildman–Crippen LogP) is 6.01. The third kappa shape index (κ3) is 4.19. The molecular formula is C27H21BrClNO5. The molecule has 2 heterocycles. The van der Waals surface area contributed by atoms with Crippen molar-refractivity contribution in [2.24, 2.45) is 0 Å². The van der Waals surface area contributed by atoms with Crippen LogP contribution in [0.15, 0.2) is 74.3 Å². The molecule has 1 aliphatic heterocycles. The van der Waals surface area contributed by atoms with E-state index in [1.807, 2.05) is 30.3 Å². The lowest BCUT2D eigenvalue weighted by atomic mass is 9.98. The van der Waals surface area contributed by atoms with E-state index >= 15 is 0 Å². The van der Waals surface area contributed by atoms with Gasteiger partial charge < -0.3 is 18.8 Å². The molecule has 0 saturated heterocycles. The second-order valence-corrected chi connectivity index (χ2v) is 9.56. The largest absolute Gasteiger partial charge is 0.493 e. The Kier molecular flexibility index (Phi) is 6.30. The van der Waals surface area contributed by atoms with E-state index in [0.29, 0.717) is 46.0 Å². The number of carbonyl (C=O) groups excluding carboxylic acids is 1. The van der Waals surface area contributed by atoms with Gasteiger partial charge >= 0.3 is 0 Å². The van der Waals surface area contributed by atoms with Crippen LogP contribution < -0.4 is 14.9 Å². The molecule has 4 aromatic rings. The molecule has 0 N–H and O–H groups in total. The summed E-state index contributed by atoms with van der Waals surface area (Å²) in [6, 6.07) is 17.4. The van der Waals surface area contributed by atoms with Crippen LogP contribution in [-0.4, -0.2) is 31.6 Å². The molecule has 1 unspecified atom stereocenters. The van der Waals surface area contributed by atoms with Gasteiger partial charge in [0.2, 0.25) is 5.76 Å². The van der Waals surface area contributed by atoms with Crippen molar-refractivity contribution >= 4 is 44.4 Å². The highest BCUT2D eigenvalue weighted by Crippen LogP contribution is 2.39. The van der Waals surface area contributed by atoms with E-state index < -0.39 is 6.04 Å². The molecule has 1 amide bonds. The Hall–Kier alpha value is -3.29. The van der Waals surface area contributed by atoms with Gasteiger partial charge in [0.15, 0.2) is 16.9 Å². The van der Waals surface area contributed by atoms with Gasteiger partial charge in [0.1, 0.15) is 5.58 Å². The van der Waals surface area contributed by atoms with E-state index in [1.54, 1.807) is 49.5 Å². The van der Waals surface area contributed by atoms with Crippen LogP contribution in [0.1, 0.15) is 33.3 Å². The number of methoxy groups -OCH3 is 2. The summed E-state index contributed by atoms with van der Waals surface area (Å²) < 4.78 is 17.5. The summed E-state index contributed by atoms with van der Waals surface area (Å²) in [4.78, 5) is 28.9. The van der Waals surface area contributed by atoms with Crippen molar-refractivity contribution in [1.82, 2.24) is 4.90 Å². The third-order valence-electron chi connectivity index (χ3n) is 6.18. The van der Waals surface area contributed by atoms with E-state index in [9.17, 15) is 9.59 Å². The Labute approximate surface area is 215 Å². The zero-order valence-corrected chi connectivity index (χ0v) is 21.4. The SMILES string of the molecule is COc1ccc(CCN2C(=O)c3oc4ccc(Br)cc4c(=O)c3C2c2cccc(Cl)c2)cc1OC. The number of carbonyl (C=O) groups is 1. The molecule has 8 heteroatoms. The minimum atomic E-state index is -0.615. The van der Waals surface area contributed by atoms with Crippen molar-refractivity contribution in [3.63, 3.8) is 0 Å². The maximum Gasteiger partial charge on any atom is 0.290 e. The van der Waals surface area contributed by atoms with Gasteiger partial charge in [-0.05, 0) is 60.0 Å². The average Bonchev–Trinajstić information content (AvgIpc) is 3.14. The smallest absolute Gasteiger partial charge is 0.290 e. The Morgan fingerprint density at radius 1 is 1.00 bits per heavy atom. The van der Waals surface area contributed by atoms with Gasteiger partial charge in [-0.3, -0.25) is 9.59 Å². The molecule has 0 aliphatic carbocycles. The number of fused-ring (bicyclic) bond motifs is 2. The molecular weight excluding hydrogens is 534 g/mol. The summed E-state index contributed by atoms with van der Waals surface area (Å²) in [5, 5.41) is 0.941. The van der Waals surface area contributed by atoms with Gasteiger partial charge in [-0.1, -0.05) is 45.7 Å². The average molecular weight is 555 g/mol. The van der Waals surface area contributed by atoms with E-state index in [-0.39, 0.29) is 17.1 Å². The van der Waals surface area contributed by atoms with Gasteiger partial charge in [0, 0.05) is 16.0 Å². The monoisotopic (exact) mass is 553 g/mol. The highest BCUT2D eigenvalue weighted by Gasteiger charge is 2.42. The van der Waals surface area contributed by atoms with Gasteiger partial charge in [-0.25, -0.2) is 0 Å². The predicted molar refractivity (Wildman–Crippen MR) is 138 cm³/mol. The van der Waals surface area contributed by atoms with E-state index in [2.05, 4.69) is 15.9 Å². The number of ether oxygens (including phenoxy) is 2. The fourth-order valence-corrected chi connectivity index (χ4v) is 5.09. The minimum Gasteiger partial charge on any atom is -0.493 e. The van der Waals surface area contributed by atoms with E-state index in [4.69, 9.17) is 25.5 Å². The second-order valence-electron chi connectivity index (χ2n) is 8.21. The first kappa shape index (κ1) is 23.5. The van der Waals surface area contributed by atoms with Crippen molar-refractivity contribution in [3.05, 3.63) is 103 Å². The summed E-state index contributed by atoms with van der Waals surface area (Å²) in [6.45, 7) is 0.356. The van der Waals surface area contributed by atoms with Crippen LogP contribution in [0, 0.1) is 0 Å². The maximum atomic E-state index is 13.6. The molecule has 3 aromatic carbocycles. The van der Waals surface area contributed by atoms with Gasteiger partial charge in [-0.2, -0.15) is 0 Å². The Morgan fingerprint density at radius 2 is 1.80 bits per heavy atom. The van der Waals surface area contributed by atoms with Gasteiger partial charge in [-0.15, -0.1) is 0 Å². The normalized spacial score (nSPS) is 14.9. The summed E-state index contributed by atoms with van der Waals surface area (Å²) in [6.07, 6.45) is 0.538. The maximum absolute atomic E-state index is 13.6. The molecule has 0 fully saturated rings. The molecule has 1 aliphatic rings.